The zero-order chi connectivity index (χ0) is 19.6. The molecule has 2 aromatic carbocycles. The van der Waals surface area contributed by atoms with Gasteiger partial charge in [0.2, 0.25) is 0 Å². The molecule has 0 atom stereocenters. The Labute approximate surface area is 166 Å². The Morgan fingerprint density at radius 2 is 1.62 bits per heavy atom. The minimum atomic E-state index is -0.152. The Bertz CT molecular complexity index is 1270. The molecule has 0 spiro atoms. The number of nitrogens with one attached hydrogen (secondary N) is 1. The first-order valence-corrected chi connectivity index (χ1v) is 9.08. The molecule has 140 valence electrons. The molecule has 3 heterocycles. The summed E-state index contributed by atoms with van der Waals surface area (Å²) in [5.74, 6) is -0.152. The first-order valence-electron chi connectivity index (χ1n) is 9.08. The molecule has 0 radical (unpaired) electrons. The van der Waals surface area contributed by atoms with E-state index in [9.17, 15) is 4.79 Å². The fraction of sp³-hybridized carbons (Fsp3) is 0. The zero-order valence-electron chi connectivity index (χ0n) is 15.3. The number of carbonyl (C=O) groups is 1. The largest absolute Gasteiger partial charge is 0.324 e. The summed E-state index contributed by atoms with van der Waals surface area (Å²) >= 11 is 0. The van der Waals surface area contributed by atoms with Crippen molar-refractivity contribution in [3.8, 4) is 16.9 Å². The van der Waals surface area contributed by atoms with Crippen LogP contribution < -0.4 is 5.32 Å². The van der Waals surface area contributed by atoms with Crippen LogP contribution in [0.5, 0.6) is 0 Å². The number of nitrogens with zero attached hydrogens (tertiary/aromatic N) is 5. The Balaban J connectivity index is 1.30. The maximum Gasteiger partial charge on any atom is 0.255 e. The third kappa shape index (κ3) is 3.37. The van der Waals surface area contributed by atoms with Crippen molar-refractivity contribution in [2.45, 2.75) is 0 Å². The first kappa shape index (κ1) is 16.9. The molecule has 0 saturated heterocycles. The number of benzene rings is 2. The van der Waals surface area contributed by atoms with Crippen molar-refractivity contribution < 1.29 is 4.79 Å². The van der Waals surface area contributed by atoms with Gasteiger partial charge >= 0.3 is 0 Å². The molecule has 1 N–H and O–H groups in total. The molecule has 7 heteroatoms. The standard InChI is InChI=1S/C22H16N6O/c29-22(17-5-9-19(10-6-17)27-13-1-2-14-27)24-18-7-3-16(4-8-18)20-11-12-21-25-23-15-28(21)26-20/h1-15H,(H,24,29). The number of amides is 1. The first-order chi connectivity index (χ1) is 14.3. The van der Waals surface area contributed by atoms with Crippen molar-refractivity contribution in [3.63, 3.8) is 0 Å². The molecule has 0 aliphatic rings. The normalized spacial score (nSPS) is 10.9. The van der Waals surface area contributed by atoms with Crippen LogP contribution in [-0.4, -0.2) is 30.3 Å². The number of fused-ring (bicyclic) bond motifs is 1. The van der Waals surface area contributed by atoms with Gasteiger partial charge in [-0.05, 0) is 60.7 Å². The van der Waals surface area contributed by atoms with Crippen molar-refractivity contribution >= 4 is 17.2 Å². The van der Waals surface area contributed by atoms with Crippen LogP contribution in [0.25, 0.3) is 22.6 Å². The lowest BCUT2D eigenvalue weighted by atomic mass is 10.1. The van der Waals surface area contributed by atoms with E-state index >= 15 is 0 Å². The molecule has 3 aromatic heterocycles. The van der Waals surface area contributed by atoms with Gasteiger partial charge in [-0.15, -0.1) is 10.2 Å². The molecular weight excluding hydrogens is 364 g/mol. The average Bonchev–Trinajstić information content (AvgIpc) is 3.46. The Hall–Kier alpha value is -4.26. The van der Waals surface area contributed by atoms with Crippen molar-refractivity contribution in [2.24, 2.45) is 0 Å². The molecule has 0 aliphatic heterocycles. The van der Waals surface area contributed by atoms with Gasteiger partial charge in [-0.25, -0.2) is 0 Å². The molecule has 0 bridgehead atoms. The third-order valence-electron chi connectivity index (χ3n) is 4.63. The Kier molecular flexibility index (Phi) is 4.10. The number of hydrogen-bond donors (Lipinski definition) is 1. The van der Waals surface area contributed by atoms with E-state index in [0.29, 0.717) is 11.2 Å². The minimum Gasteiger partial charge on any atom is -0.324 e. The highest BCUT2D eigenvalue weighted by Crippen LogP contribution is 2.20. The number of aromatic nitrogens is 5. The van der Waals surface area contributed by atoms with Gasteiger partial charge in [-0.1, -0.05) is 12.1 Å². The lowest BCUT2D eigenvalue weighted by molar-refractivity contribution is 0.102. The average molecular weight is 380 g/mol. The van der Waals surface area contributed by atoms with Gasteiger partial charge in [0.05, 0.1) is 5.69 Å². The summed E-state index contributed by atoms with van der Waals surface area (Å²) in [6, 6.07) is 22.7. The quantitative estimate of drug-likeness (QED) is 0.514. The van der Waals surface area contributed by atoms with Crippen LogP contribution in [0, 0.1) is 0 Å². The van der Waals surface area contributed by atoms with Gasteiger partial charge < -0.3 is 9.88 Å². The van der Waals surface area contributed by atoms with E-state index in [2.05, 4.69) is 20.6 Å². The second kappa shape index (κ2) is 7.05. The van der Waals surface area contributed by atoms with E-state index < -0.39 is 0 Å². The molecule has 5 rings (SSSR count). The van der Waals surface area contributed by atoms with Gasteiger partial charge in [0.25, 0.3) is 5.91 Å². The lowest BCUT2D eigenvalue weighted by Gasteiger charge is -2.08. The maximum absolute atomic E-state index is 12.5. The van der Waals surface area contributed by atoms with Crippen molar-refractivity contribution in [2.75, 3.05) is 5.32 Å². The second-order valence-electron chi connectivity index (χ2n) is 6.52. The summed E-state index contributed by atoms with van der Waals surface area (Å²) in [6.07, 6.45) is 5.49. The Morgan fingerprint density at radius 1 is 0.862 bits per heavy atom. The van der Waals surface area contributed by atoms with Gasteiger partial charge in [-0.2, -0.15) is 9.61 Å². The van der Waals surface area contributed by atoms with Crippen molar-refractivity contribution in [1.82, 2.24) is 24.4 Å². The molecule has 0 saturated carbocycles. The lowest BCUT2D eigenvalue weighted by Crippen LogP contribution is -2.11. The monoisotopic (exact) mass is 380 g/mol. The smallest absolute Gasteiger partial charge is 0.255 e. The second-order valence-corrected chi connectivity index (χ2v) is 6.52. The van der Waals surface area contributed by atoms with Crippen LogP contribution in [0.3, 0.4) is 0 Å². The topological polar surface area (TPSA) is 77.1 Å². The molecule has 0 aliphatic carbocycles. The van der Waals surface area contributed by atoms with E-state index in [1.807, 2.05) is 89.8 Å². The van der Waals surface area contributed by atoms with Gasteiger partial charge in [-0.3, -0.25) is 4.79 Å². The number of rotatable bonds is 4. The summed E-state index contributed by atoms with van der Waals surface area (Å²) in [5, 5.41) is 15.2. The van der Waals surface area contributed by atoms with Gasteiger partial charge in [0.1, 0.15) is 6.33 Å². The van der Waals surface area contributed by atoms with E-state index in [0.717, 1.165) is 22.6 Å². The van der Waals surface area contributed by atoms with Crippen LogP contribution in [0.4, 0.5) is 5.69 Å². The molecule has 1 amide bonds. The van der Waals surface area contributed by atoms with Gasteiger partial charge in [0.15, 0.2) is 5.65 Å². The van der Waals surface area contributed by atoms with Crippen LogP contribution in [0.2, 0.25) is 0 Å². The highest BCUT2D eigenvalue weighted by Gasteiger charge is 2.08. The Morgan fingerprint density at radius 3 is 2.38 bits per heavy atom. The zero-order valence-corrected chi connectivity index (χ0v) is 15.3. The van der Waals surface area contributed by atoms with E-state index in [4.69, 9.17) is 0 Å². The highest BCUT2D eigenvalue weighted by molar-refractivity contribution is 6.04. The number of anilines is 1. The van der Waals surface area contributed by atoms with Crippen LogP contribution in [-0.2, 0) is 0 Å². The van der Waals surface area contributed by atoms with Crippen LogP contribution >= 0.6 is 0 Å². The van der Waals surface area contributed by atoms with Crippen molar-refractivity contribution in [3.05, 3.63) is 97.1 Å². The molecule has 0 fully saturated rings. The van der Waals surface area contributed by atoms with E-state index in [1.165, 1.54) is 0 Å². The summed E-state index contributed by atoms with van der Waals surface area (Å²) < 4.78 is 3.62. The highest BCUT2D eigenvalue weighted by atomic mass is 16.1. The molecule has 29 heavy (non-hydrogen) atoms. The fourth-order valence-corrected chi connectivity index (χ4v) is 3.10. The molecular formula is C22H16N6O. The predicted molar refractivity (Wildman–Crippen MR) is 110 cm³/mol. The number of hydrogen-bond acceptors (Lipinski definition) is 4. The molecule has 5 aromatic rings. The fourth-order valence-electron chi connectivity index (χ4n) is 3.10. The van der Waals surface area contributed by atoms with Crippen LogP contribution in [0.1, 0.15) is 10.4 Å². The summed E-state index contributed by atoms with van der Waals surface area (Å²) in [5.41, 5.74) is 4.77. The van der Waals surface area contributed by atoms with Gasteiger partial charge in [0, 0.05) is 34.9 Å². The van der Waals surface area contributed by atoms with E-state index in [-0.39, 0.29) is 5.91 Å². The number of carbonyl (C=O) groups excluding carboxylic acids is 1. The van der Waals surface area contributed by atoms with Crippen LogP contribution in [0.15, 0.2) is 91.5 Å². The molecule has 7 nitrogen and oxygen atoms in total. The van der Waals surface area contributed by atoms with Crippen molar-refractivity contribution in [1.29, 1.82) is 0 Å². The summed E-state index contributed by atoms with van der Waals surface area (Å²) in [4.78, 5) is 12.5. The summed E-state index contributed by atoms with van der Waals surface area (Å²) in [7, 11) is 0. The SMILES string of the molecule is O=C(Nc1ccc(-c2ccc3nncn3n2)cc1)c1ccc(-n2cccc2)cc1. The third-order valence-corrected chi connectivity index (χ3v) is 4.63. The summed E-state index contributed by atoms with van der Waals surface area (Å²) in [6.45, 7) is 0. The van der Waals surface area contributed by atoms with E-state index in [1.54, 1.807) is 10.8 Å². The maximum atomic E-state index is 12.5. The predicted octanol–water partition coefficient (Wildman–Crippen LogP) is 3.83. The molecule has 0 unspecified atom stereocenters. The minimum absolute atomic E-state index is 0.152.